The lowest BCUT2D eigenvalue weighted by atomic mass is 10.4. The largest absolute Gasteiger partial charge is 0.500 e. The van der Waals surface area contributed by atoms with Gasteiger partial charge in [0.1, 0.15) is 8.07 Å². The van der Waals surface area contributed by atoms with Crippen molar-refractivity contribution in [3.05, 3.63) is 24.3 Å². The predicted octanol–water partition coefficient (Wildman–Crippen LogP) is -1.06. The summed E-state index contributed by atoms with van der Waals surface area (Å²) in [5.41, 5.74) is 0. The summed E-state index contributed by atoms with van der Waals surface area (Å²) in [6.45, 7) is 0.170. The fraction of sp³-hybridized carbons (Fsp3) is 0.667. The van der Waals surface area contributed by atoms with E-state index in [0.717, 1.165) is 0 Å². The molecule has 0 fully saturated rings. The molecule has 0 aliphatic rings. The number of rotatable bonds is 18. The summed E-state index contributed by atoms with van der Waals surface area (Å²) in [7, 11) is -8.71. The monoisotopic (exact) mass is 560 g/mol. The second kappa shape index (κ2) is 14.1. The van der Waals surface area contributed by atoms with Crippen molar-refractivity contribution in [1.82, 2.24) is 9.44 Å². The Balaban J connectivity index is 2.67. The van der Waals surface area contributed by atoms with E-state index in [4.69, 9.17) is 13.3 Å². The molecule has 0 aliphatic carbocycles. The standard InChI is InChI=1S/C18H36N2O10S2Si2/c1-28-34(29-2,30-3)13-5-11-20-32(26,27)18-8-6-17(7-9-18)31(24,25)19-10-4-12-33(14-21,15-22)16-23/h6-9,19-23H,4-5,10-16H2,1-3H3. The van der Waals surface area contributed by atoms with Crippen LogP contribution in [0, 0.1) is 0 Å². The zero-order chi connectivity index (χ0) is 25.9. The molecule has 0 radical (unpaired) electrons. The summed E-state index contributed by atoms with van der Waals surface area (Å²) in [5, 5.41) is 28.1. The molecule has 34 heavy (non-hydrogen) atoms. The number of sulfonamides is 2. The number of benzene rings is 1. The van der Waals surface area contributed by atoms with Crippen LogP contribution in [0.2, 0.25) is 12.1 Å². The molecule has 0 unspecified atom stereocenters. The Kier molecular flexibility index (Phi) is 13.0. The maximum atomic E-state index is 12.5. The fourth-order valence-electron chi connectivity index (χ4n) is 3.09. The number of aliphatic hydroxyl groups excluding tert-OH is 3. The first kappa shape index (κ1) is 31.3. The van der Waals surface area contributed by atoms with E-state index in [1.54, 1.807) is 0 Å². The molecule has 0 saturated heterocycles. The van der Waals surface area contributed by atoms with E-state index < -0.39 is 36.9 Å². The van der Waals surface area contributed by atoms with E-state index in [1.165, 1.54) is 45.6 Å². The summed E-state index contributed by atoms with van der Waals surface area (Å²) in [6, 6.07) is 5.58. The minimum Gasteiger partial charge on any atom is -0.399 e. The molecule has 198 valence electrons. The molecule has 1 aromatic rings. The topological polar surface area (TPSA) is 181 Å². The van der Waals surface area contributed by atoms with E-state index in [1.807, 2.05) is 0 Å². The van der Waals surface area contributed by atoms with Crippen molar-refractivity contribution < 1.29 is 45.4 Å². The lowest BCUT2D eigenvalue weighted by Gasteiger charge is -2.24. The third kappa shape index (κ3) is 8.72. The summed E-state index contributed by atoms with van der Waals surface area (Å²) in [5.74, 6) is 0. The Morgan fingerprint density at radius 3 is 1.38 bits per heavy atom. The van der Waals surface area contributed by atoms with Crippen molar-refractivity contribution in [2.45, 2.75) is 34.7 Å². The van der Waals surface area contributed by atoms with E-state index >= 15 is 0 Å². The highest BCUT2D eigenvalue weighted by molar-refractivity contribution is 7.90. The molecule has 16 heteroatoms. The van der Waals surface area contributed by atoms with E-state index in [9.17, 15) is 32.2 Å². The first-order valence-corrected chi connectivity index (χ1v) is 18.3. The van der Waals surface area contributed by atoms with Crippen LogP contribution in [0.3, 0.4) is 0 Å². The zero-order valence-corrected chi connectivity index (χ0v) is 23.3. The molecule has 1 rings (SSSR count). The maximum Gasteiger partial charge on any atom is 0.500 e. The van der Waals surface area contributed by atoms with Gasteiger partial charge in [0.05, 0.1) is 9.79 Å². The SMILES string of the molecule is CO[Si](CCCNS(=O)(=O)c1ccc(S(=O)(=O)NCCC[Si](CO)(CO)CO)cc1)(OC)OC. The molecule has 0 saturated carbocycles. The Labute approximate surface area is 203 Å². The third-order valence-electron chi connectivity index (χ3n) is 5.51. The van der Waals surface area contributed by atoms with Crippen molar-refractivity contribution in [1.29, 1.82) is 0 Å². The maximum absolute atomic E-state index is 12.5. The highest BCUT2D eigenvalue weighted by atomic mass is 32.2. The Morgan fingerprint density at radius 2 is 1.06 bits per heavy atom. The minimum absolute atomic E-state index is 0.0495. The van der Waals surface area contributed by atoms with Crippen molar-refractivity contribution in [2.75, 3.05) is 53.1 Å². The average molecular weight is 561 g/mol. The zero-order valence-electron chi connectivity index (χ0n) is 19.7. The van der Waals surface area contributed by atoms with Gasteiger partial charge in [-0.05, 0) is 37.1 Å². The summed E-state index contributed by atoms with van der Waals surface area (Å²) in [4.78, 5) is -0.178. The molecule has 0 spiro atoms. The normalized spacial score (nSPS) is 13.4. The van der Waals surface area contributed by atoms with Crippen molar-refractivity contribution in [3.63, 3.8) is 0 Å². The molecule has 0 amide bonds. The van der Waals surface area contributed by atoms with Gasteiger partial charge in [0.2, 0.25) is 20.0 Å². The van der Waals surface area contributed by atoms with Crippen LogP contribution in [0.4, 0.5) is 0 Å². The van der Waals surface area contributed by atoms with Crippen LogP contribution in [-0.4, -0.2) is 102 Å². The molecular formula is C18H36N2O10S2Si2. The van der Waals surface area contributed by atoms with E-state index in [0.29, 0.717) is 24.9 Å². The van der Waals surface area contributed by atoms with Crippen molar-refractivity contribution >= 4 is 36.9 Å². The molecule has 0 atom stereocenters. The third-order valence-corrected chi connectivity index (χ3v) is 14.7. The van der Waals surface area contributed by atoms with Gasteiger partial charge >= 0.3 is 8.80 Å². The molecule has 5 N–H and O–H groups in total. The highest BCUT2D eigenvalue weighted by Crippen LogP contribution is 2.17. The first-order chi connectivity index (χ1) is 16.0. The van der Waals surface area contributed by atoms with Gasteiger partial charge in [0.15, 0.2) is 0 Å². The lowest BCUT2D eigenvalue weighted by Crippen LogP contribution is -2.48. The molecule has 0 bridgehead atoms. The van der Waals surface area contributed by atoms with Crippen LogP contribution >= 0.6 is 0 Å². The van der Waals surface area contributed by atoms with Crippen LogP contribution in [0.25, 0.3) is 0 Å². The van der Waals surface area contributed by atoms with Gasteiger partial charge in [-0.1, -0.05) is 6.04 Å². The second-order valence-corrected chi connectivity index (χ2v) is 18.8. The average Bonchev–Trinajstić information content (AvgIpc) is 2.85. The van der Waals surface area contributed by atoms with E-state index in [2.05, 4.69) is 9.44 Å². The summed E-state index contributed by atoms with van der Waals surface area (Å²) >= 11 is 0. The number of hydrogen-bond acceptors (Lipinski definition) is 10. The Morgan fingerprint density at radius 1 is 0.706 bits per heavy atom. The Hall–Kier alpha value is -0.766. The van der Waals surface area contributed by atoms with Gasteiger partial charge in [0, 0.05) is 59.2 Å². The fourth-order valence-corrected chi connectivity index (χ4v) is 8.66. The first-order valence-electron chi connectivity index (χ1n) is 10.6. The van der Waals surface area contributed by atoms with Crippen LogP contribution in [0.1, 0.15) is 12.8 Å². The van der Waals surface area contributed by atoms with Crippen LogP contribution in [-0.2, 0) is 33.3 Å². The van der Waals surface area contributed by atoms with Gasteiger partial charge in [-0.3, -0.25) is 0 Å². The molecule has 0 aromatic heterocycles. The quantitative estimate of drug-likeness (QED) is 0.110. The summed E-state index contributed by atoms with van der Waals surface area (Å²) < 4.78 is 70.7. The van der Waals surface area contributed by atoms with Gasteiger partial charge in [-0.25, -0.2) is 26.3 Å². The lowest BCUT2D eigenvalue weighted by molar-refractivity contribution is 0.123. The predicted molar refractivity (Wildman–Crippen MR) is 129 cm³/mol. The van der Waals surface area contributed by atoms with Gasteiger partial charge in [-0.2, -0.15) is 0 Å². The smallest absolute Gasteiger partial charge is 0.399 e. The van der Waals surface area contributed by atoms with Crippen molar-refractivity contribution in [2.24, 2.45) is 0 Å². The molecule has 1 aromatic carbocycles. The van der Waals surface area contributed by atoms with Gasteiger partial charge in [0.25, 0.3) is 0 Å². The number of hydrogen-bond donors (Lipinski definition) is 5. The number of nitrogens with one attached hydrogen (secondary N) is 2. The molecule has 0 aliphatic heterocycles. The van der Waals surface area contributed by atoms with Gasteiger partial charge in [-0.15, -0.1) is 0 Å². The van der Waals surface area contributed by atoms with E-state index in [-0.39, 0.29) is 41.6 Å². The van der Waals surface area contributed by atoms with Crippen molar-refractivity contribution in [3.8, 4) is 0 Å². The van der Waals surface area contributed by atoms with Crippen LogP contribution in [0.15, 0.2) is 34.1 Å². The summed E-state index contributed by atoms with van der Waals surface area (Å²) in [6.07, 6.45) is -0.104. The number of aliphatic hydroxyl groups is 3. The Bertz CT molecular complexity index is 844. The molecule has 12 nitrogen and oxygen atoms in total. The molecule has 0 heterocycles. The van der Waals surface area contributed by atoms with Crippen LogP contribution < -0.4 is 9.44 Å². The molecular weight excluding hydrogens is 525 g/mol. The highest BCUT2D eigenvalue weighted by Gasteiger charge is 2.37. The van der Waals surface area contributed by atoms with Crippen LogP contribution in [0.5, 0.6) is 0 Å². The minimum atomic E-state index is -3.88. The second-order valence-electron chi connectivity index (χ2n) is 7.74. The van der Waals surface area contributed by atoms with Gasteiger partial charge < -0.3 is 28.6 Å².